The van der Waals surface area contributed by atoms with Crippen molar-refractivity contribution in [3.63, 3.8) is 0 Å². The molecule has 3 nitrogen and oxygen atoms in total. The van der Waals surface area contributed by atoms with E-state index < -0.39 is 0 Å². The smallest absolute Gasteiger partial charge is 0.302 e. The molecule has 4 rings (SSSR count). The maximum atomic E-state index is 11.1. The van der Waals surface area contributed by atoms with Gasteiger partial charge >= 0.3 is 5.97 Å². The van der Waals surface area contributed by atoms with Gasteiger partial charge in [0.25, 0.3) is 0 Å². The highest BCUT2D eigenvalue weighted by molar-refractivity contribution is 5.66. The van der Waals surface area contributed by atoms with E-state index in [9.17, 15) is 4.79 Å². The van der Waals surface area contributed by atoms with Gasteiger partial charge in [-0.25, -0.2) is 0 Å². The van der Waals surface area contributed by atoms with Crippen LogP contribution in [-0.2, 0) is 14.3 Å². The first-order chi connectivity index (χ1) is 9.56. The first kappa shape index (κ1) is 13.1. The first-order valence-corrected chi connectivity index (χ1v) is 8.33. The lowest BCUT2D eigenvalue weighted by Crippen LogP contribution is -2.70. The Labute approximate surface area is 121 Å². The van der Waals surface area contributed by atoms with Crippen molar-refractivity contribution >= 4 is 5.97 Å². The average molecular weight is 278 g/mol. The van der Waals surface area contributed by atoms with Crippen molar-refractivity contribution in [2.24, 2.45) is 22.7 Å². The summed E-state index contributed by atoms with van der Waals surface area (Å²) in [6.45, 7) is 5.35. The van der Waals surface area contributed by atoms with E-state index in [1.807, 2.05) is 0 Å². The van der Waals surface area contributed by atoms with Gasteiger partial charge in [0.05, 0.1) is 12.2 Å². The van der Waals surface area contributed by atoms with Gasteiger partial charge in [0, 0.05) is 18.9 Å². The molecule has 0 aromatic carbocycles. The molecule has 0 aromatic heterocycles. The van der Waals surface area contributed by atoms with Crippen molar-refractivity contribution in [2.45, 2.75) is 64.4 Å². The molecule has 2 bridgehead atoms. The molecule has 4 aliphatic carbocycles. The molecular weight excluding hydrogens is 252 g/mol. The highest BCUT2D eigenvalue weighted by Gasteiger charge is 2.84. The Morgan fingerprint density at radius 3 is 2.50 bits per heavy atom. The molecule has 4 aliphatic rings. The Balaban J connectivity index is 1.47. The van der Waals surface area contributed by atoms with Gasteiger partial charge in [-0.2, -0.15) is 0 Å². The third-order valence-electron chi connectivity index (χ3n) is 7.03. The summed E-state index contributed by atoms with van der Waals surface area (Å²) >= 11 is 0. The Kier molecular flexibility index (Phi) is 2.62. The fraction of sp³-hybridized carbons (Fsp3) is 0.941. The van der Waals surface area contributed by atoms with Crippen LogP contribution in [-0.4, -0.2) is 24.8 Å². The van der Waals surface area contributed by atoms with Crippen LogP contribution < -0.4 is 0 Å². The van der Waals surface area contributed by atoms with Crippen LogP contribution in [0, 0.1) is 22.7 Å². The summed E-state index contributed by atoms with van der Waals surface area (Å²) in [5, 5.41) is 0. The lowest BCUT2D eigenvalue weighted by molar-refractivity contribution is -0.280. The highest BCUT2D eigenvalue weighted by atomic mass is 16.5. The topological polar surface area (TPSA) is 35.5 Å². The normalized spacial score (nSPS) is 50.3. The largest absolute Gasteiger partial charge is 0.465 e. The maximum absolute atomic E-state index is 11.1. The van der Waals surface area contributed by atoms with E-state index in [1.165, 1.54) is 51.9 Å². The summed E-state index contributed by atoms with van der Waals surface area (Å²) in [5.41, 5.74) is 1.02. The molecule has 0 aliphatic heterocycles. The first-order valence-electron chi connectivity index (χ1n) is 8.33. The number of rotatable bonds is 6. The van der Waals surface area contributed by atoms with Crippen molar-refractivity contribution in [3.8, 4) is 0 Å². The van der Waals surface area contributed by atoms with E-state index in [1.54, 1.807) is 0 Å². The summed E-state index contributed by atoms with van der Waals surface area (Å²) in [7, 11) is 0. The van der Waals surface area contributed by atoms with Crippen molar-refractivity contribution < 1.29 is 14.3 Å². The second-order valence-corrected chi connectivity index (χ2v) is 7.87. The molecular formula is C17H26O3. The molecule has 0 amide bonds. The van der Waals surface area contributed by atoms with Gasteiger partial charge in [-0.1, -0.05) is 13.3 Å². The monoisotopic (exact) mass is 278 g/mol. The Hall–Kier alpha value is -0.570. The molecule has 20 heavy (non-hydrogen) atoms. The third kappa shape index (κ3) is 1.38. The molecule has 0 N–H and O–H groups in total. The molecule has 0 heterocycles. The molecule has 4 fully saturated rings. The van der Waals surface area contributed by atoms with E-state index in [-0.39, 0.29) is 11.6 Å². The quantitative estimate of drug-likeness (QED) is 0.552. The zero-order valence-corrected chi connectivity index (χ0v) is 12.7. The summed E-state index contributed by atoms with van der Waals surface area (Å²) in [6, 6.07) is 0. The molecule has 0 radical (unpaired) electrons. The van der Waals surface area contributed by atoms with Gasteiger partial charge < -0.3 is 9.47 Å². The zero-order chi connectivity index (χ0) is 14.0. The van der Waals surface area contributed by atoms with Gasteiger partial charge in [0.15, 0.2) is 0 Å². The lowest BCUT2D eigenvalue weighted by atomic mass is 9.30. The molecule has 2 unspecified atom stereocenters. The van der Waals surface area contributed by atoms with E-state index >= 15 is 0 Å². The summed E-state index contributed by atoms with van der Waals surface area (Å²) < 4.78 is 11.7. The number of esters is 1. The molecule has 112 valence electrons. The Morgan fingerprint density at radius 2 is 1.90 bits per heavy atom. The number of hydrogen-bond acceptors (Lipinski definition) is 3. The van der Waals surface area contributed by atoms with Gasteiger partial charge in [-0.05, 0) is 55.8 Å². The standard InChI is InChI=1S/C17H26O3/c1-3-4-5-20-16-8-13-6-15(11-19-12(2)18)7-14(9-16)17(13,15)10-16/h13-14H,3-11H2,1-2H3. The second kappa shape index (κ2) is 4.00. The molecule has 0 aromatic rings. The second-order valence-electron chi connectivity index (χ2n) is 7.87. The van der Waals surface area contributed by atoms with Crippen LogP contribution in [0.25, 0.3) is 0 Å². The van der Waals surface area contributed by atoms with Crippen LogP contribution in [0.1, 0.15) is 58.8 Å². The summed E-state index contributed by atoms with van der Waals surface area (Å²) in [4.78, 5) is 11.1. The Bertz CT molecular complexity index is 426. The number of carbonyl (C=O) groups excluding carboxylic acids is 1. The molecule has 4 saturated carbocycles. The summed E-state index contributed by atoms with van der Waals surface area (Å²) in [5.74, 6) is 1.59. The van der Waals surface area contributed by atoms with Gasteiger partial charge in [-0.15, -0.1) is 0 Å². The van der Waals surface area contributed by atoms with E-state index in [4.69, 9.17) is 9.47 Å². The predicted molar refractivity (Wildman–Crippen MR) is 75.2 cm³/mol. The van der Waals surface area contributed by atoms with Crippen LogP contribution in [0.5, 0.6) is 0 Å². The number of carbonyl (C=O) groups is 1. The number of ether oxygens (including phenoxy) is 2. The van der Waals surface area contributed by atoms with E-state index in [2.05, 4.69) is 6.92 Å². The van der Waals surface area contributed by atoms with Gasteiger partial charge in [0.1, 0.15) is 0 Å². The van der Waals surface area contributed by atoms with Crippen LogP contribution in [0.2, 0.25) is 0 Å². The van der Waals surface area contributed by atoms with Crippen molar-refractivity contribution in [1.82, 2.24) is 0 Å². The minimum atomic E-state index is -0.121. The third-order valence-corrected chi connectivity index (χ3v) is 7.03. The Morgan fingerprint density at radius 1 is 1.20 bits per heavy atom. The van der Waals surface area contributed by atoms with Gasteiger partial charge in [0.2, 0.25) is 0 Å². The van der Waals surface area contributed by atoms with Gasteiger partial charge in [-0.3, -0.25) is 4.79 Å². The minimum absolute atomic E-state index is 0.121. The van der Waals surface area contributed by atoms with Crippen LogP contribution in [0.3, 0.4) is 0 Å². The molecule has 0 saturated heterocycles. The van der Waals surface area contributed by atoms with Crippen molar-refractivity contribution in [1.29, 1.82) is 0 Å². The predicted octanol–water partition coefficient (Wildman–Crippen LogP) is 3.32. The molecule has 3 heteroatoms. The van der Waals surface area contributed by atoms with Crippen molar-refractivity contribution in [2.75, 3.05) is 13.2 Å². The summed E-state index contributed by atoms with van der Waals surface area (Å²) in [6.07, 6.45) is 8.74. The lowest BCUT2D eigenvalue weighted by Gasteiger charge is -2.74. The molecule has 2 atom stereocenters. The zero-order valence-electron chi connectivity index (χ0n) is 12.7. The number of fused-ring (bicyclic) bond motifs is 1. The van der Waals surface area contributed by atoms with Crippen molar-refractivity contribution in [3.05, 3.63) is 0 Å². The number of hydrogen-bond donors (Lipinski definition) is 0. The fourth-order valence-electron chi connectivity index (χ4n) is 6.45. The maximum Gasteiger partial charge on any atom is 0.302 e. The van der Waals surface area contributed by atoms with E-state index in [0.29, 0.717) is 17.4 Å². The SMILES string of the molecule is CCCCOC12CC3CC4(COC(C)=O)CC(C1)C34C2. The fourth-order valence-corrected chi connectivity index (χ4v) is 6.45. The average Bonchev–Trinajstić information content (AvgIpc) is 2.84. The minimum Gasteiger partial charge on any atom is -0.465 e. The van der Waals surface area contributed by atoms with Crippen LogP contribution >= 0.6 is 0 Å². The van der Waals surface area contributed by atoms with Crippen LogP contribution in [0.4, 0.5) is 0 Å². The molecule has 1 spiro atoms. The highest BCUT2D eigenvalue weighted by Crippen LogP contribution is 2.88. The van der Waals surface area contributed by atoms with Crippen LogP contribution in [0.15, 0.2) is 0 Å². The van der Waals surface area contributed by atoms with E-state index in [0.717, 1.165) is 18.4 Å². The number of unbranched alkanes of at least 4 members (excludes halogenated alkanes) is 1.